The zero-order valence-corrected chi connectivity index (χ0v) is 13.8. The highest BCUT2D eigenvalue weighted by molar-refractivity contribution is 6.00. The predicted molar refractivity (Wildman–Crippen MR) is 91.9 cm³/mol. The fraction of sp³-hybridized carbons (Fsp3) is 0.350. The highest BCUT2D eigenvalue weighted by atomic mass is 16.5. The van der Waals surface area contributed by atoms with Gasteiger partial charge in [-0.1, -0.05) is 50.1 Å². The lowest BCUT2D eigenvalue weighted by Gasteiger charge is -2.26. The lowest BCUT2D eigenvalue weighted by Crippen LogP contribution is -2.20. The summed E-state index contributed by atoms with van der Waals surface area (Å²) in [5.41, 5.74) is 1.43. The maximum Gasteiger partial charge on any atom is 0.170 e. The average Bonchev–Trinajstić information content (AvgIpc) is 2.60. The third-order valence-corrected chi connectivity index (χ3v) is 4.18. The second-order valence-corrected chi connectivity index (χ2v) is 6.02. The molecule has 1 unspecified atom stereocenters. The van der Waals surface area contributed by atoms with Crippen molar-refractivity contribution in [2.75, 3.05) is 6.61 Å². The van der Waals surface area contributed by atoms with E-state index in [1.807, 2.05) is 30.3 Å². The minimum Gasteiger partial charge on any atom is -0.504 e. The monoisotopic (exact) mass is 326 g/mol. The van der Waals surface area contributed by atoms with Crippen molar-refractivity contribution in [1.29, 1.82) is 0 Å². The van der Waals surface area contributed by atoms with E-state index in [4.69, 9.17) is 9.47 Å². The van der Waals surface area contributed by atoms with Gasteiger partial charge in [0.2, 0.25) is 0 Å². The third kappa shape index (κ3) is 3.53. The van der Waals surface area contributed by atoms with Crippen LogP contribution in [0.4, 0.5) is 0 Å². The molecule has 1 N–H and O–H groups in total. The summed E-state index contributed by atoms with van der Waals surface area (Å²) >= 11 is 0. The molecule has 0 fully saturated rings. The zero-order chi connectivity index (χ0) is 16.9. The molecule has 0 amide bonds. The van der Waals surface area contributed by atoms with Crippen LogP contribution in [0.2, 0.25) is 0 Å². The first-order valence-electron chi connectivity index (χ1n) is 8.43. The molecule has 24 heavy (non-hydrogen) atoms. The van der Waals surface area contributed by atoms with Crippen molar-refractivity contribution in [2.24, 2.45) is 0 Å². The molecule has 0 aromatic heterocycles. The second-order valence-electron chi connectivity index (χ2n) is 6.02. The molecule has 1 aliphatic heterocycles. The molecule has 4 heteroatoms. The van der Waals surface area contributed by atoms with Crippen molar-refractivity contribution in [3.63, 3.8) is 0 Å². The van der Waals surface area contributed by atoms with E-state index in [1.165, 1.54) is 6.07 Å². The number of ether oxygens (including phenoxy) is 2. The fourth-order valence-electron chi connectivity index (χ4n) is 2.84. The summed E-state index contributed by atoms with van der Waals surface area (Å²) in [5.74, 6) is 0.772. The normalized spacial score (nSPS) is 16.4. The van der Waals surface area contributed by atoms with Crippen LogP contribution < -0.4 is 9.47 Å². The molecule has 0 saturated heterocycles. The summed E-state index contributed by atoms with van der Waals surface area (Å²) in [5, 5.41) is 10.1. The Morgan fingerprint density at radius 3 is 2.75 bits per heavy atom. The highest BCUT2D eigenvalue weighted by Gasteiger charge is 2.29. The van der Waals surface area contributed by atoms with Gasteiger partial charge in [-0.3, -0.25) is 4.79 Å². The number of phenolic OH excluding ortho intramolecular Hbond substituents is 1. The van der Waals surface area contributed by atoms with Gasteiger partial charge in [0.05, 0.1) is 18.6 Å². The minimum atomic E-state index is -0.318. The van der Waals surface area contributed by atoms with Crippen LogP contribution in [0.15, 0.2) is 42.5 Å². The summed E-state index contributed by atoms with van der Waals surface area (Å²) in [7, 11) is 0. The summed E-state index contributed by atoms with van der Waals surface area (Å²) in [4.78, 5) is 12.5. The van der Waals surface area contributed by atoms with Gasteiger partial charge in [-0.25, -0.2) is 0 Å². The van der Waals surface area contributed by atoms with Crippen LogP contribution in [0.1, 0.15) is 54.6 Å². The number of unbranched alkanes of at least 4 members (excludes halogenated alkanes) is 2. The number of phenols is 1. The topological polar surface area (TPSA) is 55.8 Å². The molecule has 2 aromatic carbocycles. The molecule has 0 bridgehead atoms. The number of fused-ring (bicyclic) bond motifs is 1. The number of hydrogen-bond acceptors (Lipinski definition) is 4. The molecule has 1 atom stereocenters. The highest BCUT2D eigenvalue weighted by Crippen LogP contribution is 2.41. The Bertz CT molecular complexity index is 709. The molecule has 0 spiro atoms. The predicted octanol–water partition coefficient (Wildman–Crippen LogP) is 4.67. The van der Waals surface area contributed by atoms with Crippen LogP contribution in [0, 0.1) is 0 Å². The summed E-state index contributed by atoms with van der Waals surface area (Å²) in [6.45, 7) is 2.65. The van der Waals surface area contributed by atoms with E-state index >= 15 is 0 Å². The molecule has 4 nitrogen and oxygen atoms in total. The quantitative estimate of drug-likeness (QED) is 0.784. The molecule has 1 aliphatic rings. The Morgan fingerprint density at radius 2 is 2.00 bits per heavy atom. The van der Waals surface area contributed by atoms with Gasteiger partial charge in [-0.05, 0) is 18.1 Å². The average molecular weight is 326 g/mol. The van der Waals surface area contributed by atoms with Gasteiger partial charge in [0, 0.05) is 6.07 Å². The van der Waals surface area contributed by atoms with Crippen molar-refractivity contribution in [3.05, 3.63) is 53.6 Å². The van der Waals surface area contributed by atoms with Crippen LogP contribution >= 0.6 is 0 Å². The zero-order valence-electron chi connectivity index (χ0n) is 13.8. The van der Waals surface area contributed by atoms with Gasteiger partial charge >= 0.3 is 0 Å². The first-order valence-corrected chi connectivity index (χ1v) is 8.43. The molecular formula is C20H22O4. The molecule has 1 heterocycles. The van der Waals surface area contributed by atoms with Crippen LogP contribution in [0.3, 0.4) is 0 Å². The Balaban J connectivity index is 1.79. The number of carbonyl (C=O) groups is 1. The van der Waals surface area contributed by atoms with E-state index in [-0.39, 0.29) is 24.1 Å². The van der Waals surface area contributed by atoms with E-state index in [1.54, 1.807) is 6.07 Å². The van der Waals surface area contributed by atoms with E-state index in [9.17, 15) is 9.90 Å². The second kappa shape index (κ2) is 7.39. The van der Waals surface area contributed by atoms with Crippen molar-refractivity contribution in [1.82, 2.24) is 0 Å². The van der Waals surface area contributed by atoms with Gasteiger partial charge in [-0.15, -0.1) is 0 Å². The smallest absolute Gasteiger partial charge is 0.170 e. The van der Waals surface area contributed by atoms with Gasteiger partial charge in [0.15, 0.2) is 17.3 Å². The van der Waals surface area contributed by atoms with Gasteiger partial charge < -0.3 is 14.6 Å². The number of ketones is 1. The number of hydrogen-bond donors (Lipinski definition) is 1. The number of rotatable bonds is 6. The molecular weight excluding hydrogens is 304 g/mol. The maximum absolute atomic E-state index is 12.5. The summed E-state index contributed by atoms with van der Waals surface area (Å²) in [6, 6.07) is 12.7. The summed E-state index contributed by atoms with van der Waals surface area (Å²) < 4.78 is 11.5. The molecule has 0 aliphatic carbocycles. The maximum atomic E-state index is 12.5. The minimum absolute atomic E-state index is 0.00325. The first kappa shape index (κ1) is 16.4. The Morgan fingerprint density at radius 1 is 1.21 bits per heavy atom. The molecule has 3 rings (SSSR count). The summed E-state index contributed by atoms with van der Waals surface area (Å²) in [6.07, 6.45) is 3.08. The van der Waals surface area contributed by atoms with Gasteiger partial charge in [0.25, 0.3) is 0 Å². The number of Topliss-reactive ketones (excluding diaryl/α,β-unsaturated/α-hetero) is 1. The Hall–Kier alpha value is -2.49. The van der Waals surface area contributed by atoms with Crippen molar-refractivity contribution in [2.45, 2.75) is 38.7 Å². The molecule has 0 radical (unpaired) electrons. The number of benzene rings is 2. The third-order valence-electron chi connectivity index (χ3n) is 4.18. The standard InChI is InChI=1S/C20H22O4/c1-2-3-7-10-23-20-11-15-16(21)12-18(14-8-5-4-6-9-14)24-19(15)13-17(20)22/h4-6,8-9,11,13,18,22H,2-3,7,10,12H2,1H3. The van der Waals surface area contributed by atoms with E-state index in [0.29, 0.717) is 23.7 Å². The van der Waals surface area contributed by atoms with Crippen LogP contribution in [0.25, 0.3) is 0 Å². The van der Waals surface area contributed by atoms with E-state index < -0.39 is 0 Å². The number of carbonyl (C=O) groups excluding carboxylic acids is 1. The van der Waals surface area contributed by atoms with Gasteiger partial charge in [0.1, 0.15) is 11.9 Å². The van der Waals surface area contributed by atoms with Crippen LogP contribution in [0.5, 0.6) is 17.2 Å². The van der Waals surface area contributed by atoms with Crippen molar-refractivity contribution < 1.29 is 19.4 Å². The van der Waals surface area contributed by atoms with E-state index in [2.05, 4.69) is 6.92 Å². The SMILES string of the molecule is CCCCCOc1cc2c(cc1O)OC(c1ccccc1)CC2=O. The first-order chi connectivity index (χ1) is 11.7. The van der Waals surface area contributed by atoms with Crippen molar-refractivity contribution in [3.8, 4) is 17.2 Å². The van der Waals surface area contributed by atoms with Crippen molar-refractivity contribution >= 4 is 5.78 Å². The van der Waals surface area contributed by atoms with E-state index in [0.717, 1.165) is 24.8 Å². The van der Waals surface area contributed by atoms with Crippen LogP contribution in [-0.4, -0.2) is 17.5 Å². The lowest BCUT2D eigenvalue weighted by atomic mass is 9.96. The largest absolute Gasteiger partial charge is 0.504 e. The lowest BCUT2D eigenvalue weighted by molar-refractivity contribution is 0.0848. The number of aromatic hydroxyl groups is 1. The Kier molecular flexibility index (Phi) is 5.04. The molecule has 126 valence electrons. The molecule has 0 saturated carbocycles. The van der Waals surface area contributed by atoms with Gasteiger partial charge in [-0.2, -0.15) is 0 Å². The fourth-order valence-corrected chi connectivity index (χ4v) is 2.84. The van der Waals surface area contributed by atoms with Crippen LogP contribution in [-0.2, 0) is 0 Å². The molecule has 2 aromatic rings. The Labute approximate surface area is 142 Å².